The monoisotopic (exact) mass is 401 g/mol. The van der Waals surface area contributed by atoms with Crippen LogP contribution in [0.2, 0.25) is 0 Å². The van der Waals surface area contributed by atoms with E-state index in [1.54, 1.807) is 18.2 Å². The van der Waals surface area contributed by atoms with E-state index in [9.17, 15) is 14.9 Å². The number of benzene rings is 3. The molecule has 5 heteroatoms. The lowest BCUT2D eigenvalue weighted by Gasteiger charge is -2.01. The van der Waals surface area contributed by atoms with Crippen LogP contribution in [0.1, 0.15) is 29.2 Å². The Bertz CT molecular complexity index is 1070. The van der Waals surface area contributed by atoms with Crippen molar-refractivity contribution >= 4 is 46.9 Å². The van der Waals surface area contributed by atoms with E-state index in [0.29, 0.717) is 5.56 Å². The molecule has 0 spiro atoms. The van der Waals surface area contributed by atoms with E-state index in [-0.39, 0.29) is 15.7 Å². The maximum Gasteiger partial charge on any atom is 0.277 e. The third kappa shape index (κ3) is 6.02. The van der Waals surface area contributed by atoms with Crippen LogP contribution in [0.3, 0.4) is 0 Å². The maximum atomic E-state index is 11.5. The van der Waals surface area contributed by atoms with Crippen molar-refractivity contribution in [3.8, 4) is 0 Å². The fraction of sp³-hybridized carbons (Fsp3) is 0.0417. The Labute approximate surface area is 173 Å². The number of thioether (sulfide) groups is 1. The summed E-state index contributed by atoms with van der Waals surface area (Å²) < 4.78 is 0. The van der Waals surface area contributed by atoms with Gasteiger partial charge in [0.2, 0.25) is 0 Å². The molecular weight excluding hydrogens is 382 g/mol. The standard InChI is InChI=1S/C24H19NO3S/c1-18(26)29-23-15-11-20(12-16-23)9-13-22-14-10-21(17-24(22)25(27)28)8-7-19-5-3-2-4-6-19/h2-17H,1H3/b8-7+,13-9+. The quantitative estimate of drug-likeness (QED) is 0.203. The molecule has 0 aliphatic heterocycles. The summed E-state index contributed by atoms with van der Waals surface area (Å²) >= 11 is 1.17. The summed E-state index contributed by atoms with van der Waals surface area (Å²) in [5, 5.41) is 11.6. The van der Waals surface area contributed by atoms with Crippen LogP contribution in [0.5, 0.6) is 0 Å². The third-order valence-corrected chi connectivity index (χ3v) is 4.91. The molecule has 0 saturated carbocycles. The van der Waals surface area contributed by atoms with Gasteiger partial charge in [-0.2, -0.15) is 0 Å². The molecule has 3 rings (SSSR count). The normalized spacial score (nSPS) is 11.2. The van der Waals surface area contributed by atoms with Crippen molar-refractivity contribution in [1.82, 2.24) is 0 Å². The minimum absolute atomic E-state index is 0.0327. The molecule has 3 aromatic rings. The average Bonchev–Trinajstić information content (AvgIpc) is 2.72. The SMILES string of the molecule is CC(=O)Sc1ccc(/C=C/c2ccc(/C=C/c3ccccc3)cc2[N+](=O)[O-])cc1. The zero-order valence-corrected chi connectivity index (χ0v) is 16.6. The van der Waals surface area contributed by atoms with Gasteiger partial charge in [0.25, 0.3) is 5.69 Å². The van der Waals surface area contributed by atoms with E-state index in [0.717, 1.165) is 21.6 Å². The molecule has 144 valence electrons. The zero-order chi connectivity index (χ0) is 20.6. The van der Waals surface area contributed by atoms with Gasteiger partial charge in [-0.15, -0.1) is 0 Å². The summed E-state index contributed by atoms with van der Waals surface area (Å²) in [6.07, 6.45) is 7.34. The molecule has 0 heterocycles. The molecule has 0 atom stereocenters. The number of carbonyl (C=O) groups excluding carboxylic acids is 1. The summed E-state index contributed by atoms with van der Waals surface area (Å²) in [7, 11) is 0. The van der Waals surface area contributed by atoms with Crippen molar-refractivity contribution in [1.29, 1.82) is 0 Å². The summed E-state index contributed by atoms with van der Waals surface area (Å²) in [6, 6.07) is 22.4. The van der Waals surface area contributed by atoms with Crippen LogP contribution in [0.15, 0.2) is 77.7 Å². The minimum atomic E-state index is -0.369. The first-order chi connectivity index (χ1) is 14.0. The van der Waals surface area contributed by atoms with Crippen molar-refractivity contribution in [3.63, 3.8) is 0 Å². The molecular formula is C24H19NO3S. The number of carbonyl (C=O) groups is 1. The van der Waals surface area contributed by atoms with Crippen molar-refractivity contribution in [3.05, 3.63) is 105 Å². The largest absolute Gasteiger partial charge is 0.287 e. The molecule has 0 aliphatic rings. The van der Waals surface area contributed by atoms with Crippen molar-refractivity contribution in [2.75, 3.05) is 0 Å². The molecule has 4 nitrogen and oxygen atoms in total. The molecule has 0 amide bonds. The predicted molar refractivity (Wildman–Crippen MR) is 120 cm³/mol. The smallest absolute Gasteiger partial charge is 0.277 e. The predicted octanol–water partition coefficient (Wildman–Crippen LogP) is 6.57. The summed E-state index contributed by atoms with van der Waals surface area (Å²) in [5.41, 5.74) is 3.29. The van der Waals surface area contributed by atoms with Crippen LogP contribution in [0, 0.1) is 10.1 Å². The van der Waals surface area contributed by atoms with Crippen LogP contribution >= 0.6 is 11.8 Å². The molecule has 0 bridgehead atoms. The molecule has 29 heavy (non-hydrogen) atoms. The Morgan fingerprint density at radius 3 is 2.07 bits per heavy atom. The maximum absolute atomic E-state index is 11.5. The highest BCUT2D eigenvalue weighted by Crippen LogP contribution is 2.25. The van der Waals surface area contributed by atoms with Crippen molar-refractivity contribution in [2.45, 2.75) is 11.8 Å². The van der Waals surface area contributed by atoms with Crippen LogP contribution in [-0.4, -0.2) is 10.0 Å². The van der Waals surface area contributed by atoms with Gasteiger partial charge in [0.1, 0.15) is 0 Å². The van der Waals surface area contributed by atoms with Gasteiger partial charge in [0.15, 0.2) is 5.12 Å². The Hall–Kier alpha value is -3.44. The first-order valence-electron chi connectivity index (χ1n) is 8.99. The molecule has 0 saturated heterocycles. The van der Waals surface area contributed by atoms with Gasteiger partial charge in [-0.3, -0.25) is 14.9 Å². The zero-order valence-electron chi connectivity index (χ0n) is 15.8. The second kappa shape index (κ2) is 9.66. The van der Waals surface area contributed by atoms with Crippen LogP contribution < -0.4 is 0 Å². The number of nitrogens with zero attached hydrogens (tertiary/aromatic N) is 1. The second-order valence-corrected chi connectivity index (χ2v) is 7.57. The highest BCUT2D eigenvalue weighted by molar-refractivity contribution is 8.13. The summed E-state index contributed by atoms with van der Waals surface area (Å²) in [4.78, 5) is 23.2. The number of hydrogen-bond donors (Lipinski definition) is 0. The van der Waals surface area contributed by atoms with Gasteiger partial charge < -0.3 is 0 Å². The van der Waals surface area contributed by atoms with E-state index in [1.165, 1.54) is 18.7 Å². The van der Waals surface area contributed by atoms with E-state index in [1.807, 2.05) is 78.9 Å². The third-order valence-electron chi connectivity index (χ3n) is 4.12. The first-order valence-corrected chi connectivity index (χ1v) is 9.81. The lowest BCUT2D eigenvalue weighted by molar-refractivity contribution is -0.385. The number of nitro benzene ring substituents is 1. The van der Waals surface area contributed by atoms with E-state index < -0.39 is 0 Å². The average molecular weight is 401 g/mol. The molecule has 0 N–H and O–H groups in total. The van der Waals surface area contributed by atoms with Crippen molar-refractivity contribution < 1.29 is 9.72 Å². The number of hydrogen-bond acceptors (Lipinski definition) is 4. The highest BCUT2D eigenvalue weighted by atomic mass is 32.2. The Morgan fingerprint density at radius 1 is 0.828 bits per heavy atom. The second-order valence-electron chi connectivity index (χ2n) is 6.32. The van der Waals surface area contributed by atoms with E-state index in [2.05, 4.69) is 0 Å². The lowest BCUT2D eigenvalue weighted by Crippen LogP contribution is -1.92. The Morgan fingerprint density at radius 2 is 1.41 bits per heavy atom. The fourth-order valence-corrected chi connectivity index (χ4v) is 3.32. The molecule has 3 aromatic carbocycles. The van der Waals surface area contributed by atoms with Gasteiger partial charge in [-0.05, 0) is 41.0 Å². The van der Waals surface area contributed by atoms with E-state index >= 15 is 0 Å². The Kier molecular flexibility index (Phi) is 6.76. The summed E-state index contributed by atoms with van der Waals surface area (Å²) in [6.45, 7) is 1.52. The number of rotatable bonds is 6. The Balaban J connectivity index is 1.80. The van der Waals surface area contributed by atoms with Gasteiger partial charge in [0, 0.05) is 17.9 Å². The number of nitro groups is 1. The van der Waals surface area contributed by atoms with Gasteiger partial charge >= 0.3 is 0 Å². The molecule has 0 aliphatic carbocycles. The van der Waals surface area contributed by atoms with E-state index in [4.69, 9.17) is 0 Å². The summed E-state index contributed by atoms with van der Waals surface area (Å²) in [5.74, 6) is 0. The minimum Gasteiger partial charge on any atom is -0.287 e. The molecule has 0 aromatic heterocycles. The van der Waals surface area contributed by atoms with Crippen molar-refractivity contribution in [2.24, 2.45) is 0 Å². The van der Waals surface area contributed by atoms with Crippen LogP contribution in [-0.2, 0) is 4.79 Å². The molecule has 0 unspecified atom stereocenters. The van der Waals surface area contributed by atoms with Crippen LogP contribution in [0.25, 0.3) is 24.3 Å². The van der Waals surface area contributed by atoms with Gasteiger partial charge in [0.05, 0.1) is 10.5 Å². The molecule has 0 radical (unpaired) electrons. The first kappa shape index (κ1) is 20.3. The van der Waals surface area contributed by atoms with Gasteiger partial charge in [-0.1, -0.05) is 78.5 Å². The highest BCUT2D eigenvalue weighted by Gasteiger charge is 2.11. The van der Waals surface area contributed by atoms with Gasteiger partial charge in [-0.25, -0.2) is 0 Å². The molecule has 0 fully saturated rings. The van der Waals surface area contributed by atoms with Crippen LogP contribution in [0.4, 0.5) is 5.69 Å². The topological polar surface area (TPSA) is 60.2 Å². The fourth-order valence-electron chi connectivity index (χ4n) is 2.72. The lowest BCUT2D eigenvalue weighted by atomic mass is 10.1.